The number of carbonyl (C=O) groups is 1. The second-order valence-corrected chi connectivity index (χ2v) is 6.43. The molecule has 2 aromatic carbocycles. The first-order valence-electron chi connectivity index (χ1n) is 8.00. The van der Waals surface area contributed by atoms with E-state index in [0.717, 1.165) is 0 Å². The average Bonchev–Trinajstić information content (AvgIpc) is 3.09. The van der Waals surface area contributed by atoms with Crippen molar-refractivity contribution in [2.24, 2.45) is 0 Å². The fourth-order valence-corrected chi connectivity index (χ4v) is 2.92. The summed E-state index contributed by atoms with van der Waals surface area (Å²) >= 11 is 12.0. The first-order valence-corrected chi connectivity index (χ1v) is 8.75. The summed E-state index contributed by atoms with van der Waals surface area (Å²) in [5, 5.41) is 3.42. The Balaban J connectivity index is 1.69. The zero-order chi connectivity index (χ0) is 20.1. The first-order chi connectivity index (χ1) is 13.4. The fourth-order valence-electron chi connectivity index (χ4n) is 2.39. The highest BCUT2D eigenvalue weighted by Crippen LogP contribution is 2.29. The lowest BCUT2D eigenvalue weighted by Gasteiger charge is -2.10. The molecule has 8 heteroatoms. The summed E-state index contributed by atoms with van der Waals surface area (Å²) in [5.41, 5.74) is 0.825. The van der Waals surface area contributed by atoms with Crippen LogP contribution in [0.2, 0.25) is 10.0 Å². The largest absolute Gasteiger partial charge is 0.457 e. The Morgan fingerprint density at radius 2 is 1.79 bits per heavy atom. The van der Waals surface area contributed by atoms with Crippen LogP contribution < -0.4 is 10.1 Å². The molecular weight excluding hydrogens is 411 g/mol. The fraction of sp³-hybridized carbons (Fsp3) is 0.0500. The molecule has 28 heavy (non-hydrogen) atoms. The first kappa shape index (κ1) is 19.9. The molecule has 1 heterocycles. The maximum atomic E-state index is 12.4. The lowest BCUT2D eigenvalue weighted by atomic mass is 10.2. The molecule has 0 aliphatic heterocycles. The molecule has 0 spiro atoms. The van der Waals surface area contributed by atoms with Gasteiger partial charge in [-0.05, 0) is 48.5 Å². The highest BCUT2D eigenvalue weighted by atomic mass is 35.5. The zero-order valence-electron chi connectivity index (χ0n) is 14.2. The van der Waals surface area contributed by atoms with E-state index >= 15 is 0 Å². The Morgan fingerprint density at radius 3 is 2.50 bits per heavy atom. The number of hydrogen-bond donors (Lipinski definition) is 1. The van der Waals surface area contributed by atoms with E-state index in [0.29, 0.717) is 27.1 Å². The maximum absolute atomic E-state index is 12.4. The minimum atomic E-state index is -2.99. The average molecular weight is 424 g/mol. The van der Waals surface area contributed by atoms with E-state index in [2.05, 4.69) is 10.1 Å². The molecule has 4 nitrogen and oxygen atoms in total. The van der Waals surface area contributed by atoms with E-state index in [-0.39, 0.29) is 11.4 Å². The maximum Gasteiger partial charge on any atom is 0.387 e. The van der Waals surface area contributed by atoms with Crippen LogP contribution in [0.3, 0.4) is 0 Å². The van der Waals surface area contributed by atoms with Gasteiger partial charge < -0.3 is 14.5 Å². The van der Waals surface area contributed by atoms with Crippen LogP contribution in [0, 0.1) is 0 Å². The number of amides is 1. The summed E-state index contributed by atoms with van der Waals surface area (Å²) in [6.07, 6.45) is 2.66. The third kappa shape index (κ3) is 5.34. The minimum Gasteiger partial charge on any atom is -0.457 e. The van der Waals surface area contributed by atoms with Gasteiger partial charge in [0.15, 0.2) is 0 Å². The number of alkyl halides is 2. The number of rotatable bonds is 6. The molecule has 0 atom stereocenters. The number of carbonyl (C=O) groups excluding carboxylic acids is 1. The Kier molecular flexibility index (Phi) is 6.34. The summed E-state index contributed by atoms with van der Waals surface area (Å²) in [6.45, 7) is -2.99. The van der Waals surface area contributed by atoms with Crippen LogP contribution in [0.1, 0.15) is 5.76 Å². The van der Waals surface area contributed by atoms with Gasteiger partial charge >= 0.3 is 6.61 Å². The number of para-hydroxylation sites is 2. The molecule has 3 rings (SSSR count). The predicted octanol–water partition coefficient (Wildman–Crippen LogP) is 6.51. The predicted molar refractivity (Wildman–Crippen MR) is 105 cm³/mol. The van der Waals surface area contributed by atoms with E-state index < -0.39 is 12.5 Å². The van der Waals surface area contributed by atoms with Crippen molar-refractivity contribution in [3.8, 4) is 17.1 Å². The SMILES string of the molecule is O=C(/C=C/c1ccc(-c2cc(Cl)cc(Cl)c2)o1)Nc1ccccc1OC(F)F. The molecule has 0 radical (unpaired) electrons. The monoisotopic (exact) mass is 423 g/mol. The summed E-state index contributed by atoms with van der Waals surface area (Å²) < 4.78 is 34.9. The molecule has 1 N–H and O–H groups in total. The van der Waals surface area contributed by atoms with Crippen molar-refractivity contribution in [2.75, 3.05) is 5.32 Å². The number of nitrogens with one attached hydrogen (secondary N) is 1. The number of anilines is 1. The third-order valence-electron chi connectivity index (χ3n) is 3.53. The topological polar surface area (TPSA) is 51.5 Å². The van der Waals surface area contributed by atoms with Crippen LogP contribution in [-0.2, 0) is 4.79 Å². The molecule has 0 unspecified atom stereocenters. The summed E-state index contributed by atoms with van der Waals surface area (Å²) in [7, 11) is 0. The smallest absolute Gasteiger partial charge is 0.387 e. The second kappa shape index (κ2) is 8.91. The number of halogens is 4. The molecule has 0 saturated carbocycles. The molecular formula is C20H13Cl2F2NO3. The molecule has 1 amide bonds. The normalized spacial score (nSPS) is 11.2. The Bertz CT molecular complexity index is 998. The molecule has 0 aliphatic carbocycles. The summed E-state index contributed by atoms with van der Waals surface area (Å²) in [4.78, 5) is 12.1. The zero-order valence-corrected chi connectivity index (χ0v) is 15.7. The number of furan rings is 1. The third-order valence-corrected chi connectivity index (χ3v) is 3.97. The standard InChI is InChI=1S/C20H13Cl2F2NO3/c21-13-9-12(10-14(22)11-13)17-7-5-15(27-17)6-8-19(26)25-16-3-1-2-4-18(16)28-20(23)24/h1-11,20H,(H,25,26)/b8-6+. The quantitative estimate of drug-likeness (QED) is 0.459. The van der Waals surface area contributed by atoms with E-state index in [9.17, 15) is 13.6 Å². The van der Waals surface area contributed by atoms with Gasteiger partial charge in [0.1, 0.15) is 17.3 Å². The van der Waals surface area contributed by atoms with Crippen LogP contribution >= 0.6 is 23.2 Å². The van der Waals surface area contributed by atoms with Crippen molar-refractivity contribution in [1.29, 1.82) is 0 Å². The summed E-state index contributed by atoms with van der Waals surface area (Å²) in [5.74, 6) is 0.282. The summed E-state index contributed by atoms with van der Waals surface area (Å²) in [6, 6.07) is 14.3. The lowest BCUT2D eigenvalue weighted by molar-refractivity contribution is -0.111. The van der Waals surface area contributed by atoms with Crippen molar-refractivity contribution in [2.45, 2.75) is 6.61 Å². The molecule has 144 valence electrons. The van der Waals surface area contributed by atoms with Crippen molar-refractivity contribution >= 4 is 40.9 Å². The van der Waals surface area contributed by atoms with Crippen LogP contribution in [0.25, 0.3) is 17.4 Å². The molecule has 3 aromatic rings. The van der Waals surface area contributed by atoms with Crippen LogP contribution in [0.15, 0.2) is 65.1 Å². The van der Waals surface area contributed by atoms with Gasteiger partial charge in [-0.1, -0.05) is 35.3 Å². The Morgan fingerprint density at radius 1 is 1.07 bits per heavy atom. The van der Waals surface area contributed by atoms with E-state index in [1.54, 1.807) is 36.4 Å². The number of ether oxygens (including phenoxy) is 1. The molecule has 0 aliphatic rings. The van der Waals surface area contributed by atoms with Crippen molar-refractivity contribution in [3.63, 3.8) is 0 Å². The Labute approximate surface area is 169 Å². The van der Waals surface area contributed by atoms with Crippen LogP contribution in [0.4, 0.5) is 14.5 Å². The Hall–Kier alpha value is -2.83. The molecule has 0 bridgehead atoms. The van der Waals surface area contributed by atoms with Gasteiger partial charge in [-0.15, -0.1) is 0 Å². The molecule has 0 fully saturated rings. The van der Waals surface area contributed by atoms with Gasteiger partial charge in [-0.3, -0.25) is 4.79 Å². The highest BCUT2D eigenvalue weighted by Gasteiger charge is 2.11. The van der Waals surface area contributed by atoms with Gasteiger partial charge in [0.05, 0.1) is 5.69 Å². The minimum absolute atomic E-state index is 0.127. The number of hydrogen-bond acceptors (Lipinski definition) is 3. The van der Waals surface area contributed by atoms with Crippen LogP contribution in [-0.4, -0.2) is 12.5 Å². The van der Waals surface area contributed by atoms with Crippen molar-refractivity contribution < 1.29 is 22.7 Å². The van der Waals surface area contributed by atoms with Gasteiger partial charge in [-0.25, -0.2) is 0 Å². The lowest BCUT2D eigenvalue weighted by Crippen LogP contribution is -2.11. The van der Waals surface area contributed by atoms with Gasteiger partial charge in [-0.2, -0.15) is 8.78 Å². The van der Waals surface area contributed by atoms with Gasteiger partial charge in [0.2, 0.25) is 5.91 Å². The van der Waals surface area contributed by atoms with Gasteiger partial charge in [0.25, 0.3) is 0 Å². The molecule has 0 saturated heterocycles. The van der Waals surface area contributed by atoms with E-state index in [1.165, 1.54) is 30.4 Å². The van der Waals surface area contributed by atoms with E-state index in [4.69, 9.17) is 27.6 Å². The van der Waals surface area contributed by atoms with Crippen LogP contribution in [0.5, 0.6) is 5.75 Å². The number of benzene rings is 2. The van der Waals surface area contributed by atoms with Crippen molar-refractivity contribution in [1.82, 2.24) is 0 Å². The highest BCUT2D eigenvalue weighted by molar-refractivity contribution is 6.35. The van der Waals surface area contributed by atoms with Crippen molar-refractivity contribution in [3.05, 3.63) is 76.5 Å². The van der Waals surface area contributed by atoms with E-state index in [1.807, 2.05) is 0 Å². The second-order valence-electron chi connectivity index (χ2n) is 5.56. The van der Waals surface area contributed by atoms with Gasteiger partial charge in [0, 0.05) is 21.7 Å². The molecule has 1 aromatic heterocycles.